The Balaban J connectivity index is 2.74. The predicted molar refractivity (Wildman–Crippen MR) is 52.6 cm³/mol. The molecule has 0 bridgehead atoms. The lowest BCUT2D eigenvalue weighted by molar-refractivity contribution is -0.117. The molecular formula is C11H18O2. The van der Waals surface area contributed by atoms with Crippen LogP contribution in [0.4, 0.5) is 0 Å². The van der Waals surface area contributed by atoms with Gasteiger partial charge in [0.2, 0.25) is 0 Å². The van der Waals surface area contributed by atoms with Crippen molar-refractivity contribution in [1.82, 2.24) is 0 Å². The zero-order valence-corrected chi connectivity index (χ0v) is 8.47. The van der Waals surface area contributed by atoms with Crippen LogP contribution in [-0.2, 0) is 4.79 Å². The number of hydrogen-bond acceptors (Lipinski definition) is 2. The summed E-state index contributed by atoms with van der Waals surface area (Å²) in [4.78, 5) is 11.4. The van der Waals surface area contributed by atoms with Crippen LogP contribution in [0.15, 0.2) is 11.3 Å². The van der Waals surface area contributed by atoms with Crippen LogP contribution in [0.5, 0.6) is 0 Å². The van der Waals surface area contributed by atoms with Gasteiger partial charge in [-0.25, -0.2) is 0 Å². The minimum atomic E-state index is 0.157. The van der Waals surface area contributed by atoms with Crippen LogP contribution in [0.1, 0.15) is 46.0 Å². The molecule has 2 heteroatoms. The number of allylic oxidation sites excluding steroid dienone is 2. The molecule has 1 atom stereocenters. The molecule has 0 aromatic heterocycles. The van der Waals surface area contributed by atoms with E-state index in [9.17, 15) is 9.90 Å². The molecule has 1 unspecified atom stereocenters. The van der Waals surface area contributed by atoms with Crippen molar-refractivity contribution in [3.63, 3.8) is 0 Å². The Hall–Kier alpha value is -0.790. The monoisotopic (exact) mass is 182 g/mol. The summed E-state index contributed by atoms with van der Waals surface area (Å²) in [5.74, 6) is 1.04. The number of aliphatic hydroxyl groups excluding tert-OH is 1. The maximum atomic E-state index is 11.4. The van der Waals surface area contributed by atoms with Gasteiger partial charge >= 0.3 is 0 Å². The zero-order valence-electron chi connectivity index (χ0n) is 8.47. The van der Waals surface area contributed by atoms with E-state index in [0.29, 0.717) is 30.1 Å². The fraction of sp³-hybridized carbons (Fsp3) is 0.727. The summed E-state index contributed by atoms with van der Waals surface area (Å²) in [6.45, 7) is 4.14. The fourth-order valence-corrected chi connectivity index (χ4v) is 1.76. The van der Waals surface area contributed by atoms with Gasteiger partial charge in [0.15, 0.2) is 5.78 Å². The first-order chi connectivity index (χ1) is 6.15. The first-order valence-electron chi connectivity index (χ1n) is 5.09. The molecule has 74 valence electrons. The summed E-state index contributed by atoms with van der Waals surface area (Å²) in [5, 5.41) is 9.62. The number of carbonyl (C=O) groups is 1. The molecule has 1 saturated carbocycles. The second kappa shape index (κ2) is 4.45. The van der Waals surface area contributed by atoms with E-state index in [2.05, 4.69) is 6.92 Å². The molecule has 0 radical (unpaired) electrons. The number of aliphatic hydroxyl groups is 1. The maximum Gasteiger partial charge on any atom is 0.162 e. The highest BCUT2D eigenvalue weighted by Crippen LogP contribution is 2.28. The summed E-state index contributed by atoms with van der Waals surface area (Å²) in [5.41, 5.74) is 0.695. The molecule has 1 aliphatic carbocycles. The molecule has 0 saturated heterocycles. The van der Waals surface area contributed by atoms with Crippen molar-refractivity contribution in [3.8, 4) is 0 Å². The molecule has 0 aromatic rings. The SMILES string of the molecule is CCCC(O)=C1CC(C)CCC1=O. The van der Waals surface area contributed by atoms with E-state index in [1.807, 2.05) is 6.92 Å². The van der Waals surface area contributed by atoms with Crippen LogP contribution in [0.2, 0.25) is 0 Å². The van der Waals surface area contributed by atoms with Crippen LogP contribution >= 0.6 is 0 Å². The molecule has 1 fully saturated rings. The van der Waals surface area contributed by atoms with Gasteiger partial charge in [-0.2, -0.15) is 0 Å². The van der Waals surface area contributed by atoms with Gasteiger partial charge in [-0.3, -0.25) is 4.79 Å². The van der Waals surface area contributed by atoms with Crippen molar-refractivity contribution in [2.45, 2.75) is 46.0 Å². The maximum absolute atomic E-state index is 11.4. The Labute approximate surface area is 79.6 Å². The summed E-state index contributed by atoms with van der Waals surface area (Å²) in [6.07, 6.45) is 3.90. The van der Waals surface area contributed by atoms with Gasteiger partial charge in [0.1, 0.15) is 0 Å². The molecule has 1 N–H and O–H groups in total. The van der Waals surface area contributed by atoms with Crippen molar-refractivity contribution in [2.24, 2.45) is 5.92 Å². The molecule has 0 heterocycles. The zero-order chi connectivity index (χ0) is 9.84. The third-order valence-corrected chi connectivity index (χ3v) is 2.59. The van der Waals surface area contributed by atoms with E-state index < -0.39 is 0 Å². The summed E-state index contributed by atoms with van der Waals surface area (Å²) in [6, 6.07) is 0. The molecule has 1 aliphatic rings. The van der Waals surface area contributed by atoms with Crippen molar-refractivity contribution < 1.29 is 9.90 Å². The normalized spacial score (nSPS) is 27.5. The number of hydrogen-bond donors (Lipinski definition) is 1. The highest BCUT2D eigenvalue weighted by atomic mass is 16.3. The van der Waals surface area contributed by atoms with Gasteiger partial charge in [-0.05, 0) is 25.2 Å². The topological polar surface area (TPSA) is 37.3 Å². The first-order valence-corrected chi connectivity index (χ1v) is 5.09. The fourth-order valence-electron chi connectivity index (χ4n) is 1.76. The van der Waals surface area contributed by atoms with E-state index in [0.717, 1.165) is 19.3 Å². The standard InChI is InChI=1S/C11H18O2/c1-3-4-10(12)9-7-8(2)5-6-11(9)13/h8,12H,3-7H2,1-2H3. The molecule has 0 amide bonds. The predicted octanol–water partition coefficient (Wildman–Crippen LogP) is 2.99. The summed E-state index contributed by atoms with van der Waals surface area (Å²) >= 11 is 0. The lowest BCUT2D eigenvalue weighted by Crippen LogP contribution is -2.16. The van der Waals surface area contributed by atoms with Crippen molar-refractivity contribution in [3.05, 3.63) is 11.3 Å². The Bertz CT molecular complexity index is 228. The van der Waals surface area contributed by atoms with Gasteiger partial charge < -0.3 is 5.11 Å². The Morgan fingerprint density at radius 3 is 2.92 bits per heavy atom. The van der Waals surface area contributed by atoms with Gasteiger partial charge in [0, 0.05) is 18.4 Å². The van der Waals surface area contributed by atoms with Crippen LogP contribution in [-0.4, -0.2) is 10.9 Å². The quantitative estimate of drug-likeness (QED) is 0.526. The van der Waals surface area contributed by atoms with E-state index in [-0.39, 0.29) is 5.78 Å². The molecule has 13 heavy (non-hydrogen) atoms. The van der Waals surface area contributed by atoms with E-state index in [1.165, 1.54) is 0 Å². The third-order valence-electron chi connectivity index (χ3n) is 2.59. The Kier molecular flexibility index (Phi) is 3.52. The van der Waals surface area contributed by atoms with Crippen LogP contribution in [0, 0.1) is 5.92 Å². The number of Topliss-reactive ketones (excluding diaryl/α,β-unsaturated/α-hetero) is 1. The second-order valence-electron chi connectivity index (χ2n) is 3.95. The lowest BCUT2D eigenvalue weighted by atomic mass is 9.84. The van der Waals surface area contributed by atoms with E-state index in [4.69, 9.17) is 0 Å². The van der Waals surface area contributed by atoms with E-state index >= 15 is 0 Å². The smallest absolute Gasteiger partial charge is 0.162 e. The summed E-state index contributed by atoms with van der Waals surface area (Å²) < 4.78 is 0. The molecular weight excluding hydrogens is 164 g/mol. The Morgan fingerprint density at radius 2 is 2.31 bits per heavy atom. The molecule has 0 spiro atoms. The average Bonchev–Trinajstić information content (AvgIpc) is 2.09. The second-order valence-corrected chi connectivity index (χ2v) is 3.95. The number of ketones is 1. The minimum absolute atomic E-state index is 0.157. The Morgan fingerprint density at radius 1 is 1.62 bits per heavy atom. The molecule has 0 aliphatic heterocycles. The number of rotatable bonds is 2. The largest absolute Gasteiger partial charge is 0.512 e. The number of carbonyl (C=O) groups excluding carboxylic acids is 1. The highest BCUT2D eigenvalue weighted by Gasteiger charge is 2.23. The molecule has 1 rings (SSSR count). The van der Waals surface area contributed by atoms with E-state index in [1.54, 1.807) is 0 Å². The minimum Gasteiger partial charge on any atom is -0.512 e. The van der Waals surface area contributed by atoms with Gasteiger partial charge in [-0.15, -0.1) is 0 Å². The average molecular weight is 182 g/mol. The van der Waals surface area contributed by atoms with Crippen molar-refractivity contribution in [1.29, 1.82) is 0 Å². The van der Waals surface area contributed by atoms with Gasteiger partial charge in [0.05, 0.1) is 5.76 Å². The van der Waals surface area contributed by atoms with Crippen LogP contribution < -0.4 is 0 Å². The third kappa shape index (κ3) is 2.58. The highest BCUT2D eigenvalue weighted by molar-refractivity contribution is 5.96. The van der Waals surface area contributed by atoms with Crippen LogP contribution in [0.3, 0.4) is 0 Å². The van der Waals surface area contributed by atoms with Gasteiger partial charge in [0.25, 0.3) is 0 Å². The van der Waals surface area contributed by atoms with Crippen molar-refractivity contribution in [2.75, 3.05) is 0 Å². The molecule has 0 aromatic carbocycles. The first kappa shape index (κ1) is 10.3. The lowest BCUT2D eigenvalue weighted by Gasteiger charge is -2.20. The molecule has 2 nitrogen and oxygen atoms in total. The van der Waals surface area contributed by atoms with Crippen molar-refractivity contribution >= 4 is 5.78 Å². The van der Waals surface area contributed by atoms with Gasteiger partial charge in [-0.1, -0.05) is 13.8 Å². The van der Waals surface area contributed by atoms with Crippen LogP contribution in [0.25, 0.3) is 0 Å². The summed E-state index contributed by atoms with van der Waals surface area (Å²) in [7, 11) is 0.